The van der Waals surface area contributed by atoms with Gasteiger partial charge in [0.1, 0.15) is 12.4 Å². The van der Waals surface area contributed by atoms with Gasteiger partial charge >= 0.3 is 10.2 Å². The van der Waals surface area contributed by atoms with Crippen LogP contribution < -0.4 is 9.62 Å². The average molecular weight is 379 g/mol. The highest BCUT2D eigenvalue weighted by molar-refractivity contribution is 7.90. The summed E-state index contributed by atoms with van der Waals surface area (Å²) in [6, 6.07) is 10.5. The smallest absolute Gasteiger partial charge is 0.304 e. The van der Waals surface area contributed by atoms with Crippen molar-refractivity contribution in [3.05, 3.63) is 59.4 Å². The molecule has 0 saturated carbocycles. The van der Waals surface area contributed by atoms with Gasteiger partial charge in [-0.25, -0.2) is 8.70 Å². The number of anilines is 2. The number of carbonyl (C=O) groups excluding carboxylic acids is 1. The lowest BCUT2D eigenvalue weighted by Crippen LogP contribution is -2.44. The van der Waals surface area contributed by atoms with Crippen molar-refractivity contribution in [1.82, 2.24) is 4.31 Å². The topological polar surface area (TPSA) is 69.7 Å². The second-order valence-corrected chi connectivity index (χ2v) is 8.26. The second-order valence-electron chi connectivity index (χ2n) is 6.20. The fourth-order valence-electron chi connectivity index (χ4n) is 2.49. The number of nitrogens with one attached hydrogen (secondary N) is 1. The van der Waals surface area contributed by atoms with Crippen molar-refractivity contribution < 1.29 is 17.6 Å². The van der Waals surface area contributed by atoms with Gasteiger partial charge in [0.15, 0.2) is 0 Å². The Kier molecular flexibility index (Phi) is 5.99. The Balaban J connectivity index is 2.28. The Hall–Kier alpha value is -2.45. The number of hydrogen-bond donors (Lipinski definition) is 1. The van der Waals surface area contributed by atoms with Crippen LogP contribution in [0.2, 0.25) is 0 Å². The molecule has 2 aromatic carbocycles. The van der Waals surface area contributed by atoms with Gasteiger partial charge in [-0.05, 0) is 61.4 Å². The summed E-state index contributed by atoms with van der Waals surface area (Å²) in [6.07, 6.45) is 0. The molecule has 26 heavy (non-hydrogen) atoms. The summed E-state index contributed by atoms with van der Waals surface area (Å²) in [5, 5.41) is 2.71. The standard InChI is InChI=1S/C18H22FN3O3S/c1-13-9-14(2)11-16(10-13)20-18(23)12-22(26(24,25)21(3)4)17-7-5-15(19)6-8-17/h5-11H,12H2,1-4H3,(H,20,23). The Morgan fingerprint density at radius 2 is 1.58 bits per heavy atom. The van der Waals surface area contributed by atoms with Crippen LogP contribution in [-0.2, 0) is 15.0 Å². The van der Waals surface area contributed by atoms with Gasteiger partial charge in [0.2, 0.25) is 5.91 Å². The van der Waals surface area contributed by atoms with Crippen LogP contribution in [0.15, 0.2) is 42.5 Å². The van der Waals surface area contributed by atoms with Crippen LogP contribution in [0.25, 0.3) is 0 Å². The highest BCUT2D eigenvalue weighted by atomic mass is 32.2. The number of rotatable bonds is 6. The molecule has 0 bridgehead atoms. The fraction of sp³-hybridized carbons (Fsp3) is 0.278. The maximum Gasteiger partial charge on any atom is 0.304 e. The van der Waals surface area contributed by atoms with Crippen LogP contribution in [0.1, 0.15) is 11.1 Å². The number of aryl methyl sites for hydroxylation is 2. The molecular weight excluding hydrogens is 357 g/mol. The van der Waals surface area contributed by atoms with E-state index in [1.54, 1.807) is 12.1 Å². The highest BCUT2D eigenvalue weighted by Crippen LogP contribution is 2.20. The monoisotopic (exact) mass is 379 g/mol. The first kappa shape index (κ1) is 19.9. The summed E-state index contributed by atoms with van der Waals surface area (Å²) < 4.78 is 40.3. The molecule has 0 fully saturated rings. The molecule has 0 aromatic heterocycles. The SMILES string of the molecule is Cc1cc(C)cc(NC(=O)CN(c2ccc(F)cc2)S(=O)(=O)N(C)C)c1. The highest BCUT2D eigenvalue weighted by Gasteiger charge is 2.27. The molecule has 0 heterocycles. The molecular formula is C18H22FN3O3S. The van der Waals surface area contributed by atoms with Crippen molar-refractivity contribution in [3.63, 3.8) is 0 Å². The number of hydrogen-bond acceptors (Lipinski definition) is 3. The number of benzene rings is 2. The minimum atomic E-state index is -3.93. The third-order valence-electron chi connectivity index (χ3n) is 3.65. The molecule has 0 radical (unpaired) electrons. The van der Waals surface area contributed by atoms with E-state index in [0.29, 0.717) is 5.69 Å². The van der Waals surface area contributed by atoms with E-state index in [2.05, 4.69) is 5.32 Å². The zero-order valence-electron chi connectivity index (χ0n) is 15.2. The molecule has 140 valence electrons. The van der Waals surface area contributed by atoms with Gasteiger partial charge in [-0.3, -0.25) is 4.79 Å². The molecule has 0 unspecified atom stereocenters. The summed E-state index contributed by atoms with van der Waals surface area (Å²) >= 11 is 0. The minimum Gasteiger partial charge on any atom is -0.324 e. The fourth-order valence-corrected chi connectivity index (χ4v) is 3.55. The first-order chi connectivity index (χ1) is 12.1. The second kappa shape index (κ2) is 7.84. The normalized spacial score (nSPS) is 11.5. The maximum atomic E-state index is 13.2. The van der Waals surface area contributed by atoms with Crippen LogP contribution in [0.5, 0.6) is 0 Å². The van der Waals surface area contributed by atoms with Crippen molar-refractivity contribution in [3.8, 4) is 0 Å². The number of nitrogens with zero attached hydrogens (tertiary/aromatic N) is 2. The van der Waals surface area contributed by atoms with Crippen LogP contribution in [-0.4, -0.2) is 39.3 Å². The van der Waals surface area contributed by atoms with Crippen molar-refractivity contribution in [2.45, 2.75) is 13.8 Å². The Labute approximate surface area is 153 Å². The molecule has 2 rings (SSSR count). The number of amides is 1. The summed E-state index contributed by atoms with van der Waals surface area (Å²) in [4.78, 5) is 12.4. The zero-order valence-corrected chi connectivity index (χ0v) is 16.0. The Morgan fingerprint density at radius 3 is 2.08 bits per heavy atom. The van der Waals surface area contributed by atoms with Crippen molar-refractivity contribution >= 4 is 27.5 Å². The molecule has 2 aromatic rings. The zero-order chi connectivity index (χ0) is 19.5. The van der Waals surface area contributed by atoms with Gasteiger partial charge in [-0.2, -0.15) is 12.7 Å². The van der Waals surface area contributed by atoms with Crippen molar-refractivity contribution in [1.29, 1.82) is 0 Å². The lowest BCUT2D eigenvalue weighted by atomic mass is 10.1. The molecule has 0 saturated heterocycles. The predicted octanol–water partition coefficient (Wildman–Crippen LogP) is 2.69. The van der Waals surface area contributed by atoms with Crippen LogP contribution >= 0.6 is 0 Å². The minimum absolute atomic E-state index is 0.204. The molecule has 6 nitrogen and oxygen atoms in total. The lowest BCUT2D eigenvalue weighted by Gasteiger charge is -2.27. The van der Waals surface area contributed by atoms with E-state index in [9.17, 15) is 17.6 Å². The molecule has 1 amide bonds. The quantitative estimate of drug-likeness (QED) is 0.839. The van der Waals surface area contributed by atoms with E-state index < -0.39 is 28.5 Å². The lowest BCUT2D eigenvalue weighted by molar-refractivity contribution is -0.114. The van der Waals surface area contributed by atoms with Crippen LogP contribution in [0.4, 0.5) is 15.8 Å². The molecule has 0 atom stereocenters. The third-order valence-corrected chi connectivity index (χ3v) is 5.47. The number of halogens is 1. The van der Waals surface area contributed by atoms with E-state index >= 15 is 0 Å². The van der Waals surface area contributed by atoms with Gasteiger partial charge in [0.25, 0.3) is 0 Å². The third kappa shape index (κ3) is 4.80. The molecule has 8 heteroatoms. The van der Waals surface area contributed by atoms with E-state index in [-0.39, 0.29) is 5.69 Å². The van der Waals surface area contributed by atoms with E-state index in [0.717, 1.165) is 31.9 Å². The predicted molar refractivity (Wildman–Crippen MR) is 101 cm³/mol. The van der Waals surface area contributed by atoms with E-state index in [1.807, 2.05) is 19.9 Å². The summed E-state index contributed by atoms with van der Waals surface area (Å²) in [5.41, 5.74) is 2.76. The molecule has 0 aliphatic carbocycles. The van der Waals surface area contributed by atoms with E-state index in [1.165, 1.54) is 26.2 Å². The summed E-state index contributed by atoms with van der Waals surface area (Å²) in [6.45, 7) is 3.38. The summed E-state index contributed by atoms with van der Waals surface area (Å²) in [7, 11) is -1.19. The molecule has 0 aliphatic heterocycles. The first-order valence-corrected chi connectivity index (χ1v) is 9.33. The van der Waals surface area contributed by atoms with Gasteiger partial charge in [-0.15, -0.1) is 0 Å². The molecule has 0 spiro atoms. The Morgan fingerprint density at radius 1 is 1.04 bits per heavy atom. The van der Waals surface area contributed by atoms with Gasteiger partial charge in [0, 0.05) is 19.8 Å². The van der Waals surface area contributed by atoms with Gasteiger partial charge < -0.3 is 5.32 Å². The van der Waals surface area contributed by atoms with Crippen LogP contribution in [0.3, 0.4) is 0 Å². The van der Waals surface area contributed by atoms with Crippen molar-refractivity contribution in [2.24, 2.45) is 0 Å². The largest absolute Gasteiger partial charge is 0.324 e. The first-order valence-electron chi connectivity index (χ1n) is 7.93. The van der Waals surface area contributed by atoms with Crippen molar-refractivity contribution in [2.75, 3.05) is 30.3 Å². The molecule has 0 aliphatic rings. The van der Waals surface area contributed by atoms with Gasteiger partial charge in [0.05, 0.1) is 5.69 Å². The average Bonchev–Trinajstić information content (AvgIpc) is 2.52. The number of carbonyl (C=O) groups is 1. The molecule has 1 N–H and O–H groups in total. The Bertz CT molecular complexity index is 876. The van der Waals surface area contributed by atoms with Crippen LogP contribution in [0, 0.1) is 19.7 Å². The van der Waals surface area contributed by atoms with Gasteiger partial charge in [-0.1, -0.05) is 6.07 Å². The maximum absolute atomic E-state index is 13.2. The van der Waals surface area contributed by atoms with E-state index in [4.69, 9.17) is 0 Å². The summed E-state index contributed by atoms with van der Waals surface area (Å²) in [5.74, 6) is -0.986.